The third-order valence-corrected chi connectivity index (χ3v) is 6.53. The zero-order chi connectivity index (χ0) is 26.5. The van der Waals surface area contributed by atoms with Gasteiger partial charge in [0.05, 0.1) is 6.61 Å². The molecule has 8 heteroatoms. The number of ether oxygens (including phenoxy) is 2. The quantitative estimate of drug-likeness (QED) is 0.423. The van der Waals surface area contributed by atoms with Crippen LogP contribution in [-0.4, -0.2) is 38.4 Å². The second-order valence-electron chi connectivity index (χ2n) is 10.5. The SMILES string of the molecule is Cc1cc(N2CCCc3cc(OCCOCC(F)(F)F)ccc3C2)cc(C)c1CC(C)(C)CC(N)=O. The summed E-state index contributed by atoms with van der Waals surface area (Å²) in [7, 11) is 0. The Morgan fingerprint density at radius 2 is 1.75 bits per heavy atom. The van der Waals surface area contributed by atoms with Crippen LogP contribution >= 0.6 is 0 Å². The lowest BCUT2D eigenvalue weighted by Gasteiger charge is -2.28. The summed E-state index contributed by atoms with van der Waals surface area (Å²) < 4.78 is 46.7. The summed E-state index contributed by atoms with van der Waals surface area (Å²) in [5.41, 5.74) is 12.5. The number of nitrogens with two attached hydrogens (primary N) is 1. The van der Waals surface area contributed by atoms with Crippen molar-refractivity contribution in [2.45, 2.75) is 66.1 Å². The largest absolute Gasteiger partial charge is 0.491 e. The predicted octanol–water partition coefficient (Wildman–Crippen LogP) is 5.66. The third-order valence-electron chi connectivity index (χ3n) is 6.53. The highest BCUT2D eigenvalue weighted by Crippen LogP contribution is 2.33. The van der Waals surface area contributed by atoms with Gasteiger partial charge >= 0.3 is 6.18 Å². The minimum Gasteiger partial charge on any atom is -0.491 e. The molecule has 0 bridgehead atoms. The van der Waals surface area contributed by atoms with E-state index in [1.54, 1.807) is 0 Å². The molecular weight excluding hydrogens is 469 g/mol. The zero-order valence-corrected chi connectivity index (χ0v) is 21.6. The molecule has 0 saturated heterocycles. The maximum absolute atomic E-state index is 12.2. The molecule has 198 valence electrons. The van der Waals surface area contributed by atoms with E-state index in [0.29, 0.717) is 12.2 Å². The Labute approximate surface area is 211 Å². The first-order valence-electron chi connectivity index (χ1n) is 12.4. The Morgan fingerprint density at radius 1 is 1.06 bits per heavy atom. The topological polar surface area (TPSA) is 64.8 Å². The molecule has 0 aromatic heterocycles. The van der Waals surface area contributed by atoms with Gasteiger partial charge in [0.1, 0.15) is 19.0 Å². The predicted molar refractivity (Wildman–Crippen MR) is 135 cm³/mol. The second kappa shape index (κ2) is 11.5. The fraction of sp³-hybridized carbons (Fsp3) is 0.536. The highest BCUT2D eigenvalue weighted by atomic mass is 19.4. The van der Waals surface area contributed by atoms with Crippen LogP contribution in [0.3, 0.4) is 0 Å². The molecule has 1 aliphatic heterocycles. The number of hydrogen-bond acceptors (Lipinski definition) is 4. The van der Waals surface area contributed by atoms with Crippen molar-refractivity contribution < 1.29 is 27.4 Å². The number of carbonyl (C=O) groups is 1. The molecule has 3 rings (SSSR count). The van der Waals surface area contributed by atoms with Crippen LogP contribution in [0, 0.1) is 19.3 Å². The van der Waals surface area contributed by atoms with Gasteiger partial charge in [0.25, 0.3) is 0 Å². The van der Waals surface area contributed by atoms with E-state index in [2.05, 4.69) is 49.5 Å². The second-order valence-corrected chi connectivity index (χ2v) is 10.5. The fourth-order valence-corrected chi connectivity index (χ4v) is 4.90. The lowest BCUT2D eigenvalue weighted by Crippen LogP contribution is -2.26. The lowest BCUT2D eigenvalue weighted by atomic mass is 9.80. The fourth-order valence-electron chi connectivity index (χ4n) is 4.90. The van der Waals surface area contributed by atoms with E-state index in [0.717, 1.165) is 32.4 Å². The molecule has 36 heavy (non-hydrogen) atoms. The van der Waals surface area contributed by atoms with E-state index in [1.165, 1.54) is 33.5 Å². The number of hydrogen-bond donors (Lipinski definition) is 1. The number of fused-ring (bicyclic) bond motifs is 1. The smallest absolute Gasteiger partial charge is 0.411 e. The van der Waals surface area contributed by atoms with Crippen LogP contribution in [0.4, 0.5) is 18.9 Å². The van der Waals surface area contributed by atoms with E-state index in [1.807, 2.05) is 18.2 Å². The van der Waals surface area contributed by atoms with E-state index >= 15 is 0 Å². The molecule has 2 aromatic rings. The van der Waals surface area contributed by atoms with Gasteiger partial charge in [0, 0.05) is 25.2 Å². The molecule has 0 fully saturated rings. The average Bonchev–Trinajstić information content (AvgIpc) is 2.96. The van der Waals surface area contributed by atoms with Gasteiger partial charge in [-0.25, -0.2) is 0 Å². The maximum Gasteiger partial charge on any atom is 0.411 e. The summed E-state index contributed by atoms with van der Waals surface area (Å²) >= 11 is 0. The van der Waals surface area contributed by atoms with E-state index in [4.69, 9.17) is 10.5 Å². The zero-order valence-electron chi connectivity index (χ0n) is 21.6. The molecule has 0 aliphatic carbocycles. The average molecular weight is 507 g/mol. The molecule has 0 unspecified atom stereocenters. The van der Waals surface area contributed by atoms with Crippen LogP contribution in [0.15, 0.2) is 30.3 Å². The third kappa shape index (κ3) is 8.15. The Kier molecular flexibility index (Phi) is 8.93. The van der Waals surface area contributed by atoms with Crippen molar-refractivity contribution in [1.82, 2.24) is 0 Å². The number of amides is 1. The molecule has 0 saturated carbocycles. The van der Waals surface area contributed by atoms with Crippen molar-refractivity contribution in [2.24, 2.45) is 11.1 Å². The van der Waals surface area contributed by atoms with Gasteiger partial charge in [0.15, 0.2) is 0 Å². The summed E-state index contributed by atoms with van der Waals surface area (Å²) in [5.74, 6) is 0.367. The van der Waals surface area contributed by atoms with Gasteiger partial charge in [0.2, 0.25) is 5.91 Å². The number of aryl methyl sites for hydroxylation is 3. The van der Waals surface area contributed by atoms with Crippen LogP contribution in [-0.2, 0) is 28.9 Å². The summed E-state index contributed by atoms with van der Waals surface area (Å²) in [5, 5.41) is 0. The molecule has 1 amide bonds. The number of benzene rings is 2. The Bertz CT molecular complexity index is 1040. The van der Waals surface area contributed by atoms with Crippen LogP contribution in [0.5, 0.6) is 5.75 Å². The van der Waals surface area contributed by atoms with Gasteiger partial charge in [-0.3, -0.25) is 4.79 Å². The van der Waals surface area contributed by atoms with Crippen LogP contribution in [0.25, 0.3) is 0 Å². The van der Waals surface area contributed by atoms with Crippen molar-refractivity contribution in [3.05, 3.63) is 58.1 Å². The van der Waals surface area contributed by atoms with Gasteiger partial charge in [-0.05, 0) is 90.6 Å². The molecular formula is C28H37F3N2O3. The summed E-state index contributed by atoms with van der Waals surface area (Å²) in [6.07, 6.45) is -1.29. The lowest BCUT2D eigenvalue weighted by molar-refractivity contribution is -0.175. The standard InChI is InChI=1S/C28H37F3N2O3/c1-19-12-23(13-20(2)25(19)15-27(3,4)16-26(32)34)33-9-5-6-21-14-24(8-7-22(21)17-33)36-11-10-35-18-28(29,30)31/h7-8,12-14H,5-6,9-11,15-18H2,1-4H3,(H2,32,34). The molecule has 0 atom stereocenters. The maximum atomic E-state index is 12.2. The highest BCUT2D eigenvalue weighted by Gasteiger charge is 2.27. The van der Waals surface area contributed by atoms with Crippen molar-refractivity contribution in [1.29, 1.82) is 0 Å². The van der Waals surface area contributed by atoms with Crippen molar-refractivity contribution in [2.75, 3.05) is 31.3 Å². The van der Waals surface area contributed by atoms with Crippen molar-refractivity contribution >= 4 is 11.6 Å². The number of nitrogens with zero attached hydrogens (tertiary/aromatic N) is 1. The minimum absolute atomic E-state index is 0.0716. The number of halogens is 3. The first-order chi connectivity index (χ1) is 16.8. The van der Waals surface area contributed by atoms with Crippen LogP contribution < -0.4 is 15.4 Å². The molecule has 1 aliphatic rings. The Hall–Kier alpha value is -2.74. The van der Waals surface area contributed by atoms with E-state index in [-0.39, 0.29) is 24.5 Å². The number of anilines is 1. The van der Waals surface area contributed by atoms with Crippen LogP contribution in [0.2, 0.25) is 0 Å². The Balaban J connectivity index is 1.67. The normalized spacial score (nSPS) is 14.4. The molecule has 2 aromatic carbocycles. The van der Waals surface area contributed by atoms with E-state index in [9.17, 15) is 18.0 Å². The molecule has 5 nitrogen and oxygen atoms in total. The van der Waals surface area contributed by atoms with Gasteiger partial charge in [-0.15, -0.1) is 0 Å². The van der Waals surface area contributed by atoms with Gasteiger partial charge in [-0.1, -0.05) is 19.9 Å². The first kappa shape index (κ1) is 27.8. The van der Waals surface area contributed by atoms with Crippen molar-refractivity contribution in [3.63, 3.8) is 0 Å². The Morgan fingerprint density at radius 3 is 2.39 bits per heavy atom. The highest BCUT2D eigenvalue weighted by molar-refractivity contribution is 5.74. The molecule has 0 radical (unpaired) electrons. The van der Waals surface area contributed by atoms with E-state index < -0.39 is 12.8 Å². The minimum atomic E-state index is -4.32. The molecule has 0 spiro atoms. The van der Waals surface area contributed by atoms with Crippen molar-refractivity contribution in [3.8, 4) is 5.75 Å². The first-order valence-corrected chi connectivity index (χ1v) is 12.4. The van der Waals surface area contributed by atoms with Gasteiger partial charge < -0.3 is 20.1 Å². The number of carbonyl (C=O) groups excluding carboxylic acids is 1. The summed E-state index contributed by atoms with van der Waals surface area (Å²) in [6.45, 7) is 8.78. The summed E-state index contributed by atoms with van der Waals surface area (Å²) in [4.78, 5) is 13.9. The number of primary amides is 1. The molecule has 2 N–H and O–H groups in total. The monoisotopic (exact) mass is 506 g/mol. The van der Waals surface area contributed by atoms with Crippen LogP contribution in [0.1, 0.15) is 54.5 Å². The number of rotatable bonds is 10. The number of alkyl halides is 3. The van der Waals surface area contributed by atoms with Gasteiger partial charge in [-0.2, -0.15) is 13.2 Å². The summed E-state index contributed by atoms with van der Waals surface area (Å²) in [6, 6.07) is 10.4. The molecule has 1 heterocycles.